The molecule has 1 atom stereocenters. The molecule has 0 saturated carbocycles. The van der Waals surface area contributed by atoms with Gasteiger partial charge in [-0.1, -0.05) is 54.4 Å². The summed E-state index contributed by atoms with van der Waals surface area (Å²) in [5.74, 6) is 0.750. The fourth-order valence-electron chi connectivity index (χ4n) is 1.59. The van der Waals surface area contributed by atoms with Gasteiger partial charge in [0.05, 0.1) is 0 Å². The van der Waals surface area contributed by atoms with Crippen molar-refractivity contribution in [1.29, 1.82) is 0 Å². The van der Waals surface area contributed by atoms with Crippen LogP contribution < -0.4 is 5.30 Å². The Morgan fingerprint density at radius 2 is 1.67 bits per heavy atom. The second-order valence-corrected chi connectivity index (χ2v) is 7.53. The molecule has 1 rings (SSSR count). The first-order chi connectivity index (χ1) is 6.99. The SMILES string of the molecule is Cc1cc(C)cc(P(Cl)CCC(C)C)c1. The Labute approximate surface area is 99.6 Å². The predicted octanol–water partition coefficient (Wildman–Crippen LogP) is 4.61. The summed E-state index contributed by atoms with van der Waals surface area (Å²) in [6.07, 6.45) is 2.36. The first-order valence-electron chi connectivity index (χ1n) is 5.50. The summed E-state index contributed by atoms with van der Waals surface area (Å²) < 4.78 is 0. The van der Waals surface area contributed by atoms with Crippen LogP contribution in [-0.4, -0.2) is 6.16 Å². The number of halogens is 1. The van der Waals surface area contributed by atoms with E-state index < -0.39 is 7.27 Å². The minimum atomic E-state index is -0.468. The lowest BCUT2D eigenvalue weighted by Gasteiger charge is -2.13. The molecule has 0 aliphatic rings. The van der Waals surface area contributed by atoms with Crippen LogP contribution in [0.3, 0.4) is 0 Å². The second-order valence-electron chi connectivity index (χ2n) is 4.61. The Balaban J connectivity index is 2.68. The molecule has 0 aliphatic carbocycles. The van der Waals surface area contributed by atoms with E-state index in [1.807, 2.05) is 0 Å². The fourth-order valence-corrected chi connectivity index (χ4v) is 3.87. The van der Waals surface area contributed by atoms with Gasteiger partial charge in [-0.3, -0.25) is 0 Å². The lowest BCUT2D eigenvalue weighted by Crippen LogP contribution is -2.03. The molecule has 0 radical (unpaired) electrons. The van der Waals surface area contributed by atoms with E-state index in [1.165, 1.54) is 22.9 Å². The third-order valence-corrected chi connectivity index (χ3v) is 4.95. The number of aryl methyl sites for hydroxylation is 2. The normalized spacial score (nSPS) is 13.2. The molecule has 0 saturated heterocycles. The van der Waals surface area contributed by atoms with Crippen LogP contribution in [0.4, 0.5) is 0 Å². The minimum Gasteiger partial charge on any atom is -0.0912 e. The molecule has 0 nitrogen and oxygen atoms in total. The molecule has 0 amide bonds. The first kappa shape index (κ1) is 13.0. The van der Waals surface area contributed by atoms with E-state index in [9.17, 15) is 0 Å². The molecular formula is C13H20ClP. The quantitative estimate of drug-likeness (QED) is 0.677. The Bertz CT molecular complexity index is 300. The molecule has 2 heteroatoms. The van der Waals surface area contributed by atoms with Crippen molar-refractivity contribution in [2.24, 2.45) is 5.92 Å². The Hall–Kier alpha value is -0.0600. The fraction of sp³-hybridized carbons (Fsp3) is 0.538. The number of benzene rings is 1. The molecule has 0 bridgehead atoms. The van der Waals surface area contributed by atoms with Crippen LogP contribution in [0.15, 0.2) is 18.2 Å². The van der Waals surface area contributed by atoms with Gasteiger partial charge in [-0.2, -0.15) is 0 Å². The predicted molar refractivity (Wildman–Crippen MR) is 72.6 cm³/mol. The van der Waals surface area contributed by atoms with Gasteiger partial charge in [0.15, 0.2) is 0 Å². The minimum absolute atomic E-state index is 0.468. The van der Waals surface area contributed by atoms with Crippen molar-refractivity contribution >= 4 is 23.8 Å². The zero-order valence-electron chi connectivity index (χ0n) is 10.0. The van der Waals surface area contributed by atoms with Gasteiger partial charge in [-0.25, -0.2) is 0 Å². The first-order valence-corrected chi connectivity index (χ1v) is 7.94. The zero-order chi connectivity index (χ0) is 11.4. The van der Waals surface area contributed by atoms with E-state index in [2.05, 4.69) is 45.9 Å². The van der Waals surface area contributed by atoms with E-state index >= 15 is 0 Å². The van der Waals surface area contributed by atoms with Gasteiger partial charge in [0, 0.05) is 7.27 Å². The summed E-state index contributed by atoms with van der Waals surface area (Å²) in [7, 11) is -0.468. The van der Waals surface area contributed by atoms with Crippen LogP contribution >= 0.6 is 18.5 Å². The van der Waals surface area contributed by atoms with Gasteiger partial charge < -0.3 is 0 Å². The van der Waals surface area contributed by atoms with Crippen molar-refractivity contribution in [1.82, 2.24) is 0 Å². The van der Waals surface area contributed by atoms with Gasteiger partial charge in [0.2, 0.25) is 0 Å². The average molecular weight is 243 g/mol. The van der Waals surface area contributed by atoms with E-state index in [-0.39, 0.29) is 0 Å². The molecule has 0 fully saturated rings. The Kier molecular flexibility index (Phi) is 5.09. The van der Waals surface area contributed by atoms with Crippen LogP contribution in [-0.2, 0) is 0 Å². The van der Waals surface area contributed by atoms with E-state index in [0.717, 1.165) is 12.1 Å². The molecule has 15 heavy (non-hydrogen) atoms. The average Bonchev–Trinajstić information content (AvgIpc) is 2.12. The molecule has 0 N–H and O–H groups in total. The van der Waals surface area contributed by atoms with E-state index in [1.54, 1.807) is 0 Å². The maximum Gasteiger partial charge on any atom is 0.0213 e. The van der Waals surface area contributed by atoms with Gasteiger partial charge in [-0.15, -0.1) is 0 Å². The smallest absolute Gasteiger partial charge is 0.0213 e. The van der Waals surface area contributed by atoms with Crippen molar-refractivity contribution in [3.05, 3.63) is 29.3 Å². The van der Waals surface area contributed by atoms with Crippen LogP contribution in [0.1, 0.15) is 31.4 Å². The summed E-state index contributed by atoms with van der Waals surface area (Å²) in [5.41, 5.74) is 2.64. The van der Waals surface area contributed by atoms with Crippen molar-refractivity contribution in [3.63, 3.8) is 0 Å². The molecule has 0 heterocycles. The molecule has 84 valence electrons. The molecule has 1 aromatic carbocycles. The van der Waals surface area contributed by atoms with Gasteiger partial charge >= 0.3 is 0 Å². The Morgan fingerprint density at radius 1 is 1.13 bits per heavy atom. The number of hydrogen-bond donors (Lipinski definition) is 0. The second kappa shape index (κ2) is 5.87. The molecule has 0 spiro atoms. The summed E-state index contributed by atoms with van der Waals surface area (Å²) in [4.78, 5) is 0. The Morgan fingerprint density at radius 3 is 2.13 bits per heavy atom. The van der Waals surface area contributed by atoms with Crippen molar-refractivity contribution in [2.75, 3.05) is 6.16 Å². The number of hydrogen-bond acceptors (Lipinski definition) is 0. The summed E-state index contributed by atoms with van der Waals surface area (Å²) >= 11 is 6.46. The van der Waals surface area contributed by atoms with Crippen LogP contribution in [0.25, 0.3) is 0 Å². The van der Waals surface area contributed by atoms with Crippen LogP contribution in [0.5, 0.6) is 0 Å². The van der Waals surface area contributed by atoms with E-state index in [0.29, 0.717) is 0 Å². The molecule has 0 aromatic heterocycles. The maximum atomic E-state index is 6.46. The van der Waals surface area contributed by atoms with Gasteiger partial charge in [0.25, 0.3) is 0 Å². The lowest BCUT2D eigenvalue weighted by atomic mass is 10.2. The molecule has 0 aliphatic heterocycles. The molecule has 1 aromatic rings. The third kappa shape index (κ3) is 4.53. The highest BCUT2D eigenvalue weighted by atomic mass is 35.7. The standard InChI is InChI=1S/C13H20ClP/c1-10(2)5-6-15(14)13-8-11(3)7-12(4)9-13/h7-10H,5-6H2,1-4H3. The van der Waals surface area contributed by atoms with E-state index in [4.69, 9.17) is 11.2 Å². The van der Waals surface area contributed by atoms with Gasteiger partial charge in [0.1, 0.15) is 0 Å². The highest BCUT2D eigenvalue weighted by Gasteiger charge is 2.09. The largest absolute Gasteiger partial charge is 0.0912 e. The highest BCUT2D eigenvalue weighted by molar-refractivity contribution is 7.89. The van der Waals surface area contributed by atoms with Crippen molar-refractivity contribution in [3.8, 4) is 0 Å². The summed E-state index contributed by atoms with van der Waals surface area (Å²) in [6.45, 7) is 8.78. The monoisotopic (exact) mass is 242 g/mol. The maximum absolute atomic E-state index is 6.46. The van der Waals surface area contributed by atoms with Crippen molar-refractivity contribution < 1.29 is 0 Å². The number of rotatable bonds is 4. The van der Waals surface area contributed by atoms with Crippen molar-refractivity contribution in [2.45, 2.75) is 34.1 Å². The highest BCUT2D eigenvalue weighted by Crippen LogP contribution is 2.41. The topological polar surface area (TPSA) is 0 Å². The molecule has 1 unspecified atom stereocenters. The van der Waals surface area contributed by atoms with Crippen LogP contribution in [0.2, 0.25) is 0 Å². The summed E-state index contributed by atoms with van der Waals surface area (Å²) in [5, 5.41) is 1.34. The summed E-state index contributed by atoms with van der Waals surface area (Å²) in [6, 6.07) is 6.66. The van der Waals surface area contributed by atoms with Crippen LogP contribution in [0, 0.1) is 19.8 Å². The lowest BCUT2D eigenvalue weighted by molar-refractivity contribution is 0.631. The molecular weight excluding hydrogens is 223 g/mol. The zero-order valence-corrected chi connectivity index (χ0v) is 11.7. The third-order valence-electron chi connectivity index (χ3n) is 2.39. The van der Waals surface area contributed by atoms with Gasteiger partial charge in [-0.05, 0) is 37.7 Å².